The molecule has 0 saturated carbocycles. The fourth-order valence-corrected chi connectivity index (χ4v) is 4.26. The van der Waals surface area contributed by atoms with Crippen LogP contribution in [0.1, 0.15) is 38.3 Å². The van der Waals surface area contributed by atoms with Crippen LogP contribution < -0.4 is 0 Å². The summed E-state index contributed by atoms with van der Waals surface area (Å²) in [6, 6.07) is 6.10. The normalized spacial score (nSPS) is 30.7. The van der Waals surface area contributed by atoms with Crippen LogP contribution in [0.3, 0.4) is 0 Å². The standard InChI is InChI=1S/C18H25NO3/c1-4-22-17(21)11-19-8-7-18(3)12(2)16(19)9-13-5-6-14(20)10-15(13)18/h5-6,10,12,16,20H,4,7-9,11H2,1-3H3/t12-,16?,18-/m0/s1. The van der Waals surface area contributed by atoms with Crippen molar-refractivity contribution >= 4 is 5.97 Å². The number of ether oxygens (including phenoxy) is 1. The average Bonchev–Trinajstić information content (AvgIpc) is 2.47. The highest BCUT2D eigenvalue weighted by atomic mass is 16.5. The van der Waals surface area contributed by atoms with E-state index in [1.54, 1.807) is 6.07 Å². The van der Waals surface area contributed by atoms with Gasteiger partial charge < -0.3 is 9.84 Å². The van der Waals surface area contributed by atoms with Gasteiger partial charge in [0, 0.05) is 6.04 Å². The Morgan fingerprint density at radius 1 is 1.50 bits per heavy atom. The molecule has 1 aromatic carbocycles. The lowest BCUT2D eigenvalue weighted by Gasteiger charge is -2.54. The second-order valence-corrected chi connectivity index (χ2v) is 6.84. The molecule has 0 spiro atoms. The molecule has 2 aliphatic rings. The van der Waals surface area contributed by atoms with Gasteiger partial charge in [-0.3, -0.25) is 9.69 Å². The van der Waals surface area contributed by atoms with E-state index in [2.05, 4.69) is 18.7 Å². The number of hydrogen-bond donors (Lipinski definition) is 1. The third kappa shape index (κ3) is 2.39. The molecule has 2 bridgehead atoms. The van der Waals surface area contributed by atoms with Crippen molar-refractivity contribution < 1.29 is 14.6 Å². The number of phenols is 1. The van der Waals surface area contributed by atoms with Gasteiger partial charge in [-0.15, -0.1) is 0 Å². The summed E-state index contributed by atoms with van der Waals surface area (Å²) >= 11 is 0. The molecule has 0 aromatic heterocycles. The number of phenolic OH excluding ortho intramolecular Hbond substituents is 1. The molecule has 1 unspecified atom stereocenters. The topological polar surface area (TPSA) is 49.8 Å². The molecule has 1 aliphatic carbocycles. The van der Waals surface area contributed by atoms with Crippen LogP contribution >= 0.6 is 0 Å². The lowest BCUT2D eigenvalue weighted by atomic mass is 9.59. The fraction of sp³-hybridized carbons (Fsp3) is 0.611. The van der Waals surface area contributed by atoms with E-state index in [0.29, 0.717) is 30.9 Å². The highest BCUT2D eigenvalue weighted by Gasteiger charge is 2.48. The zero-order chi connectivity index (χ0) is 15.9. The monoisotopic (exact) mass is 303 g/mol. The lowest BCUT2D eigenvalue weighted by molar-refractivity contribution is -0.146. The van der Waals surface area contributed by atoms with Gasteiger partial charge in [0.2, 0.25) is 0 Å². The SMILES string of the molecule is CCOC(=O)CN1CC[C@]2(C)c3cc(O)ccc3CC1[C@@H]2C. The third-order valence-electron chi connectivity index (χ3n) is 5.74. The van der Waals surface area contributed by atoms with Crippen LogP contribution in [-0.2, 0) is 21.4 Å². The summed E-state index contributed by atoms with van der Waals surface area (Å²) in [6.45, 7) is 8.13. The van der Waals surface area contributed by atoms with E-state index < -0.39 is 0 Å². The average molecular weight is 303 g/mol. The minimum absolute atomic E-state index is 0.0716. The maximum absolute atomic E-state index is 11.9. The van der Waals surface area contributed by atoms with Gasteiger partial charge in [0.25, 0.3) is 0 Å². The molecular weight excluding hydrogens is 278 g/mol. The third-order valence-corrected chi connectivity index (χ3v) is 5.74. The largest absolute Gasteiger partial charge is 0.508 e. The van der Waals surface area contributed by atoms with E-state index in [-0.39, 0.29) is 11.4 Å². The molecule has 1 aliphatic heterocycles. The van der Waals surface area contributed by atoms with Crippen LogP contribution in [0.5, 0.6) is 5.75 Å². The number of nitrogens with zero attached hydrogens (tertiary/aromatic N) is 1. The van der Waals surface area contributed by atoms with E-state index in [0.717, 1.165) is 19.4 Å². The molecule has 1 heterocycles. The molecule has 3 rings (SSSR count). The van der Waals surface area contributed by atoms with Gasteiger partial charge in [-0.2, -0.15) is 0 Å². The number of benzene rings is 1. The number of fused-ring (bicyclic) bond motifs is 4. The van der Waals surface area contributed by atoms with Crippen LogP contribution in [0.25, 0.3) is 0 Å². The minimum atomic E-state index is -0.130. The van der Waals surface area contributed by atoms with Crippen molar-refractivity contribution in [2.75, 3.05) is 19.7 Å². The quantitative estimate of drug-likeness (QED) is 0.872. The maximum atomic E-state index is 11.9. The van der Waals surface area contributed by atoms with Gasteiger partial charge >= 0.3 is 5.97 Å². The number of piperidine rings is 1. The van der Waals surface area contributed by atoms with Crippen LogP contribution in [0, 0.1) is 5.92 Å². The molecule has 0 radical (unpaired) electrons. The van der Waals surface area contributed by atoms with E-state index in [1.807, 2.05) is 19.1 Å². The number of likely N-dealkylation sites (tertiary alicyclic amines) is 1. The first kappa shape index (κ1) is 15.3. The molecule has 1 aromatic rings. The Hall–Kier alpha value is -1.55. The Morgan fingerprint density at radius 2 is 2.27 bits per heavy atom. The molecule has 1 N–H and O–H groups in total. The first-order valence-corrected chi connectivity index (χ1v) is 8.17. The number of esters is 1. The smallest absolute Gasteiger partial charge is 0.320 e. The van der Waals surface area contributed by atoms with Gasteiger partial charge in [-0.25, -0.2) is 0 Å². The summed E-state index contributed by atoms with van der Waals surface area (Å²) in [5.41, 5.74) is 2.66. The fourth-order valence-electron chi connectivity index (χ4n) is 4.26. The van der Waals surface area contributed by atoms with Crippen molar-refractivity contribution in [1.82, 2.24) is 4.90 Å². The maximum Gasteiger partial charge on any atom is 0.320 e. The first-order chi connectivity index (χ1) is 10.5. The molecule has 120 valence electrons. The van der Waals surface area contributed by atoms with Crippen molar-refractivity contribution in [2.24, 2.45) is 5.92 Å². The van der Waals surface area contributed by atoms with Gasteiger partial charge in [-0.05, 0) is 60.9 Å². The van der Waals surface area contributed by atoms with Gasteiger partial charge in [0.1, 0.15) is 5.75 Å². The molecule has 4 nitrogen and oxygen atoms in total. The van der Waals surface area contributed by atoms with E-state index in [1.165, 1.54) is 11.1 Å². The Labute approximate surface area is 132 Å². The number of aromatic hydroxyl groups is 1. The molecule has 0 amide bonds. The Bertz CT molecular complexity index is 586. The van der Waals surface area contributed by atoms with Crippen molar-refractivity contribution in [3.05, 3.63) is 29.3 Å². The van der Waals surface area contributed by atoms with E-state index in [4.69, 9.17) is 4.74 Å². The summed E-state index contributed by atoms with van der Waals surface area (Å²) in [6.07, 6.45) is 1.94. The minimum Gasteiger partial charge on any atom is -0.508 e. The van der Waals surface area contributed by atoms with Gasteiger partial charge in [0.05, 0.1) is 13.2 Å². The van der Waals surface area contributed by atoms with Crippen molar-refractivity contribution in [1.29, 1.82) is 0 Å². The second-order valence-electron chi connectivity index (χ2n) is 6.84. The Morgan fingerprint density at radius 3 is 3.00 bits per heavy atom. The summed E-state index contributed by atoms with van der Waals surface area (Å²) < 4.78 is 5.11. The molecule has 3 atom stereocenters. The molecule has 22 heavy (non-hydrogen) atoms. The summed E-state index contributed by atoms with van der Waals surface area (Å²) in [5.74, 6) is 0.666. The van der Waals surface area contributed by atoms with E-state index >= 15 is 0 Å². The Balaban J connectivity index is 1.89. The number of carbonyl (C=O) groups is 1. The highest BCUT2D eigenvalue weighted by molar-refractivity contribution is 5.71. The number of hydrogen-bond acceptors (Lipinski definition) is 4. The molecule has 4 heteroatoms. The van der Waals surface area contributed by atoms with Crippen LogP contribution in [-0.4, -0.2) is 41.7 Å². The number of carbonyl (C=O) groups excluding carboxylic acids is 1. The highest BCUT2D eigenvalue weighted by Crippen LogP contribution is 2.49. The van der Waals surface area contributed by atoms with E-state index in [9.17, 15) is 9.90 Å². The predicted octanol–water partition coefficient (Wildman–Crippen LogP) is 2.48. The summed E-state index contributed by atoms with van der Waals surface area (Å²) in [4.78, 5) is 14.1. The van der Waals surface area contributed by atoms with Crippen LogP contribution in [0.15, 0.2) is 18.2 Å². The molecule has 1 fully saturated rings. The molecular formula is C18H25NO3. The van der Waals surface area contributed by atoms with Crippen LogP contribution in [0.2, 0.25) is 0 Å². The lowest BCUT2D eigenvalue weighted by Crippen LogP contribution is -2.58. The summed E-state index contributed by atoms with van der Waals surface area (Å²) in [7, 11) is 0. The Kier molecular flexibility index (Phi) is 3.89. The second kappa shape index (κ2) is 5.58. The predicted molar refractivity (Wildman–Crippen MR) is 84.9 cm³/mol. The zero-order valence-corrected chi connectivity index (χ0v) is 13.6. The number of rotatable bonds is 3. The van der Waals surface area contributed by atoms with Crippen molar-refractivity contribution in [3.63, 3.8) is 0 Å². The van der Waals surface area contributed by atoms with Gasteiger partial charge in [-0.1, -0.05) is 19.9 Å². The molecule has 1 saturated heterocycles. The van der Waals surface area contributed by atoms with Gasteiger partial charge in [0.15, 0.2) is 0 Å². The van der Waals surface area contributed by atoms with Crippen molar-refractivity contribution in [3.8, 4) is 5.75 Å². The zero-order valence-electron chi connectivity index (χ0n) is 13.6. The van der Waals surface area contributed by atoms with Crippen LogP contribution in [0.4, 0.5) is 0 Å². The summed E-state index contributed by atoms with van der Waals surface area (Å²) in [5, 5.41) is 9.84. The first-order valence-electron chi connectivity index (χ1n) is 8.17. The van der Waals surface area contributed by atoms with Crippen molar-refractivity contribution in [2.45, 2.75) is 45.1 Å².